The van der Waals surface area contributed by atoms with Gasteiger partial charge in [-0.2, -0.15) is 16.7 Å². The lowest BCUT2D eigenvalue weighted by Gasteiger charge is -2.06. The Bertz CT molecular complexity index is 303. The highest BCUT2D eigenvalue weighted by molar-refractivity contribution is 7.99. The molecule has 1 N–H and O–H groups in total. The minimum absolute atomic E-state index is 0.0399. The van der Waals surface area contributed by atoms with Gasteiger partial charge in [-0.3, -0.25) is 0 Å². The van der Waals surface area contributed by atoms with Crippen LogP contribution in [0.25, 0.3) is 0 Å². The maximum absolute atomic E-state index is 9.63. The first-order chi connectivity index (χ1) is 6.81. The second kappa shape index (κ2) is 4.31. The largest absolute Gasteiger partial charge is 0.391 e. The Hall–Kier alpha value is -0.550. The molecule has 14 heavy (non-hydrogen) atoms. The minimum Gasteiger partial charge on any atom is -0.391 e. The van der Waals surface area contributed by atoms with Crippen LogP contribution in [0.5, 0.6) is 0 Å². The number of aliphatic hydroxyl groups excluding tert-OH is 1. The maximum Gasteiger partial charge on any atom is 0.233 e. The van der Waals surface area contributed by atoms with Gasteiger partial charge in [0.15, 0.2) is 5.82 Å². The standard InChI is InChI=1S/C9H14N2O2S/c1-2-3-8-10-9(13-11-8)6-4-14-5-7(6)12/h6-7,12H,2-5H2,1H3. The van der Waals surface area contributed by atoms with Crippen molar-refractivity contribution in [3.8, 4) is 0 Å². The molecule has 1 saturated heterocycles. The van der Waals surface area contributed by atoms with Crippen LogP contribution in [-0.4, -0.2) is 32.9 Å². The van der Waals surface area contributed by atoms with Crippen molar-refractivity contribution in [3.63, 3.8) is 0 Å². The SMILES string of the molecule is CCCc1noc(C2CSCC2O)n1. The molecule has 2 rings (SSSR count). The summed E-state index contributed by atoms with van der Waals surface area (Å²) in [6.45, 7) is 2.08. The monoisotopic (exact) mass is 214 g/mol. The molecule has 0 bridgehead atoms. The van der Waals surface area contributed by atoms with E-state index in [1.165, 1.54) is 0 Å². The van der Waals surface area contributed by atoms with Crippen LogP contribution in [0.3, 0.4) is 0 Å². The van der Waals surface area contributed by atoms with E-state index in [-0.39, 0.29) is 12.0 Å². The molecule has 5 heteroatoms. The third-order valence-electron chi connectivity index (χ3n) is 2.33. The van der Waals surface area contributed by atoms with Gasteiger partial charge < -0.3 is 9.63 Å². The Morgan fingerprint density at radius 1 is 1.57 bits per heavy atom. The average Bonchev–Trinajstić information content (AvgIpc) is 2.74. The van der Waals surface area contributed by atoms with E-state index in [2.05, 4.69) is 17.1 Å². The quantitative estimate of drug-likeness (QED) is 0.819. The van der Waals surface area contributed by atoms with Gasteiger partial charge >= 0.3 is 0 Å². The second-order valence-electron chi connectivity index (χ2n) is 3.51. The molecule has 1 aromatic rings. The van der Waals surface area contributed by atoms with Gasteiger partial charge in [0.05, 0.1) is 12.0 Å². The molecule has 2 heterocycles. The topological polar surface area (TPSA) is 59.2 Å². The highest BCUT2D eigenvalue weighted by atomic mass is 32.2. The molecule has 0 amide bonds. The molecule has 4 nitrogen and oxygen atoms in total. The van der Waals surface area contributed by atoms with E-state index in [1.807, 2.05) is 0 Å². The van der Waals surface area contributed by atoms with Gasteiger partial charge in [0.25, 0.3) is 0 Å². The van der Waals surface area contributed by atoms with Gasteiger partial charge in [-0.15, -0.1) is 0 Å². The van der Waals surface area contributed by atoms with Crippen molar-refractivity contribution in [1.29, 1.82) is 0 Å². The third-order valence-corrected chi connectivity index (χ3v) is 3.50. The molecule has 0 aliphatic carbocycles. The Kier molecular flexibility index (Phi) is 3.08. The Labute approximate surface area is 87.1 Å². The average molecular weight is 214 g/mol. The number of aryl methyl sites for hydroxylation is 1. The van der Waals surface area contributed by atoms with E-state index in [1.54, 1.807) is 11.8 Å². The summed E-state index contributed by atoms with van der Waals surface area (Å²) in [5.41, 5.74) is 0. The summed E-state index contributed by atoms with van der Waals surface area (Å²) in [5, 5.41) is 13.5. The third kappa shape index (κ3) is 1.93. The van der Waals surface area contributed by atoms with Crippen LogP contribution in [-0.2, 0) is 6.42 Å². The van der Waals surface area contributed by atoms with Crippen LogP contribution in [0.1, 0.15) is 31.0 Å². The van der Waals surface area contributed by atoms with E-state index < -0.39 is 0 Å². The first-order valence-electron chi connectivity index (χ1n) is 4.89. The van der Waals surface area contributed by atoms with Gasteiger partial charge in [-0.1, -0.05) is 12.1 Å². The van der Waals surface area contributed by atoms with Crippen molar-refractivity contribution in [1.82, 2.24) is 10.1 Å². The summed E-state index contributed by atoms with van der Waals surface area (Å²) in [5.74, 6) is 3.06. The number of thioether (sulfide) groups is 1. The predicted octanol–water partition coefficient (Wildman–Crippen LogP) is 1.21. The lowest BCUT2D eigenvalue weighted by atomic mass is 10.1. The van der Waals surface area contributed by atoms with E-state index in [0.717, 1.165) is 30.2 Å². The molecular formula is C9H14N2O2S. The molecule has 0 saturated carbocycles. The number of rotatable bonds is 3. The lowest BCUT2D eigenvalue weighted by molar-refractivity contribution is 0.164. The van der Waals surface area contributed by atoms with Crippen LogP contribution in [0.4, 0.5) is 0 Å². The van der Waals surface area contributed by atoms with Crippen molar-refractivity contribution in [2.24, 2.45) is 0 Å². The van der Waals surface area contributed by atoms with Crippen molar-refractivity contribution in [2.45, 2.75) is 31.8 Å². The molecule has 1 aliphatic rings. The fourth-order valence-electron chi connectivity index (χ4n) is 1.52. The second-order valence-corrected chi connectivity index (χ2v) is 4.59. The number of hydrogen-bond acceptors (Lipinski definition) is 5. The van der Waals surface area contributed by atoms with E-state index in [9.17, 15) is 5.11 Å². The van der Waals surface area contributed by atoms with Crippen LogP contribution in [0.2, 0.25) is 0 Å². The highest BCUT2D eigenvalue weighted by Crippen LogP contribution is 2.31. The fourth-order valence-corrected chi connectivity index (χ4v) is 2.75. The first-order valence-corrected chi connectivity index (χ1v) is 6.05. The molecule has 2 unspecified atom stereocenters. The van der Waals surface area contributed by atoms with Crippen molar-refractivity contribution >= 4 is 11.8 Å². The number of nitrogens with zero attached hydrogens (tertiary/aromatic N) is 2. The van der Waals surface area contributed by atoms with Gasteiger partial charge in [-0.25, -0.2) is 0 Å². The van der Waals surface area contributed by atoms with Crippen molar-refractivity contribution in [2.75, 3.05) is 11.5 Å². The van der Waals surface area contributed by atoms with Gasteiger partial charge in [0.2, 0.25) is 5.89 Å². The van der Waals surface area contributed by atoms with E-state index in [0.29, 0.717) is 5.89 Å². The summed E-state index contributed by atoms with van der Waals surface area (Å²) in [7, 11) is 0. The molecule has 2 atom stereocenters. The number of hydrogen-bond donors (Lipinski definition) is 1. The summed E-state index contributed by atoms with van der Waals surface area (Å²) >= 11 is 1.73. The molecule has 0 radical (unpaired) electrons. The summed E-state index contributed by atoms with van der Waals surface area (Å²) in [6.07, 6.45) is 1.54. The summed E-state index contributed by atoms with van der Waals surface area (Å²) in [6, 6.07) is 0. The van der Waals surface area contributed by atoms with Crippen LogP contribution >= 0.6 is 11.8 Å². The normalized spacial score (nSPS) is 27.0. The lowest BCUT2D eigenvalue weighted by Crippen LogP contribution is -2.15. The summed E-state index contributed by atoms with van der Waals surface area (Å²) < 4.78 is 5.14. The number of aliphatic hydroxyl groups is 1. The van der Waals surface area contributed by atoms with E-state index in [4.69, 9.17) is 4.52 Å². The first kappa shape index (κ1) is 9.98. The van der Waals surface area contributed by atoms with Gasteiger partial charge in [0.1, 0.15) is 0 Å². The molecule has 0 spiro atoms. The van der Waals surface area contributed by atoms with Crippen LogP contribution in [0, 0.1) is 0 Å². The Morgan fingerprint density at radius 2 is 2.43 bits per heavy atom. The Morgan fingerprint density at radius 3 is 3.07 bits per heavy atom. The van der Waals surface area contributed by atoms with Gasteiger partial charge in [-0.05, 0) is 6.42 Å². The molecule has 1 fully saturated rings. The Balaban J connectivity index is 2.08. The molecule has 78 valence electrons. The summed E-state index contributed by atoms with van der Waals surface area (Å²) in [4.78, 5) is 4.28. The van der Waals surface area contributed by atoms with Crippen molar-refractivity contribution < 1.29 is 9.63 Å². The fraction of sp³-hybridized carbons (Fsp3) is 0.778. The number of aromatic nitrogens is 2. The minimum atomic E-state index is -0.324. The molecule has 1 aromatic heterocycles. The smallest absolute Gasteiger partial charge is 0.233 e. The molecule has 0 aromatic carbocycles. The van der Waals surface area contributed by atoms with Crippen molar-refractivity contribution in [3.05, 3.63) is 11.7 Å². The zero-order valence-electron chi connectivity index (χ0n) is 8.14. The van der Waals surface area contributed by atoms with E-state index >= 15 is 0 Å². The van der Waals surface area contributed by atoms with Crippen LogP contribution in [0.15, 0.2) is 4.52 Å². The zero-order chi connectivity index (χ0) is 9.97. The predicted molar refractivity (Wildman–Crippen MR) is 54.4 cm³/mol. The van der Waals surface area contributed by atoms with Gasteiger partial charge in [0, 0.05) is 17.9 Å². The molecule has 1 aliphatic heterocycles. The maximum atomic E-state index is 9.63. The van der Waals surface area contributed by atoms with Crippen LogP contribution < -0.4 is 0 Å². The highest BCUT2D eigenvalue weighted by Gasteiger charge is 2.31. The zero-order valence-corrected chi connectivity index (χ0v) is 8.96. The molecular weight excluding hydrogens is 200 g/mol.